The highest BCUT2D eigenvalue weighted by Crippen LogP contribution is 2.37. The monoisotopic (exact) mass is 403 g/mol. The molecule has 0 saturated carbocycles. The summed E-state index contributed by atoms with van der Waals surface area (Å²) in [7, 11) is 0. The van der Waals surface area contributed by atoms with Crippen molar-refractivity contribution in [2.24, 2.45) is 0 Å². The zero-order valence-corrected chi connectivity index (χ0v) is 15.3. The highest BCUT2D eigenvalue weighted by molar-refractivity contribution is 9.10. The third-order valence-electron chi connectivity index (χ3n) is 3.37. The first-order valence-electron chi connectivity index (χ1n) is 7.35. The zero-order valence-electron chi connectivity index (χ0n) is 12.9. The van der Waals surface area contributed by atoms with E-state index in [1.54, 1.807) is 30.3 Å². The minimum Gasteiger partial charge on any atom is -0.493 e. The van der Waals surface area contributed by atoms with Gasteiger partial charge >= 0.3 is 0 Å². The Balaban J connectivity index is 1.97. The van der Waals surface area contributed by atoms with Gasteiger partial charge in [-0.2, -0.15) is 0 Å². The molecule has 2 aromatic carbocycles. The maximum atomic E-state index is 12.6. The van der Waals surface area contributed by atoms with Crippen molar-refractivity contribution in [2.75, 3.05) is 11.5 Å². The number of nitrogens with zero attached hydrogens (tertiary/aromatic N) is 1. The maximum Gasteiger partial charge on any atom is 0.298 e. The molecular formula is C18H14BrNO3S. The molecular weight excluding hydrogens is 390 g/mol. The normalized spacial score (nSPS) is 16.1. The molecule has 0 atom stereocenters. The average molecular weight is 404 g/mol. The summed E-state index contributed by atoms with van der Waals surface area (Å²) in [6.45, 7) is 2.42. The van der Waals surface area contributed by atoms with E-state index >= 15 is 0 Å². The Bertz CT molecular complexity index is 820. The molecule has 6 heteroatoms. The van der Waals surface area contributed by atoms with Crippen molar-refractivity contribution in [1.29, 1.82) is 0 Å². The van der Waals surface area contributed by atoms with E-state index in [-0.39, 0.29) is 11.1 Å². The van der Waals surface area contributed by atoms with Crippen molar-refractivity contribution in [3.8, 4) is 5.75 Å². The van der Waals surface area contributed by atoms with Gasteiger partial charge in [0.05, 0.1) is 17.2 Å². The minimum absolute atomic E-state index is 0.301. The number of imide groups is 1. The van der Waals surface area contributed by atoms with Crippen LogP contribution in [0.5, 0.6) is 5.75 Å². The summed E-state index contributed by atoms with van der Waals surface area (Å²) in [5.41, 5.74) is 1.33. The summed E-state index contributed by atoms with van der Waals surface area (Å²) >= 11 is 4.35. The Morgan fingerprint density at radius 1 is 1.17 bits per heavy atom. The Morgan fingerprint density at radius 3 is 2.62 bits per heavy atom. The lowest BCUT2D eigenvalue weighted by molar-refractivity contribution is -0.113. The molecule has 2 aromatic rings. The molecule has 122 valence electrons. The van der Waals surface area contributed by atoms with E-state index in [1.165, 1.54) is 4.90 Å². The second kappa shape index (κ2) is 7.23. The van der Waals surface area contributed by atoms with Gasteiger partial charge in [-0.3, -0.25) is 9.59 Å². The number of thioether (sulfide) groups is 1. The zero-order chi connectivity index (χ0) is 17.1. The predicted molar refractivity (Wildman–Crippen MR) is 100 cm³/mol. The van der Waals surface area contributed by atoms with E-state index in [0.717, 1.165) is 21.8 Å². The van der Waals surface area contributed by atoms with Gasteiger partial charge in [0, 0.05) is 10.0 Å². The summed E-state index contributed by atoms with van der Waals surface area (Å²) in [4.78, 5) is 26.5. The molecule has 0 aromatic heterocycles. The van der Waals surface area contributed by atoms with E-state index in [2.05, 4.69) is 15.9 Å². The fourth-order valence-electron chi connectivity index (χ4n) is 2.33. The molecule has 0 aliphatic carbocycles. The van der Waals surface area contributed by atoms with Crippen LogP contribution in [0.3, 0.4) is 0 Å². The van der Waals surface area contributed by atoms with Gasteiger partial charge in [-0.05, 0) is 55.1 Å². The number of para-hydroxylation sites is 1. The number of hydrogen-bond donors (Lipinski definition) is 0. The van der Waals surface area contributed by atoms with Gasteiger partial charge < -0.3 is 4.74 Å². The van der Waals surface area contributed by atoms with Crippen molar-refractivity contribution in [3.63, 3.8) is 0 Å². The third-order valence-corrected chi connectivity index (χ3v) is 4.73. The molecule has 1 aliphatic heterocycles. The van der Waals surface area contributed by atoms with Crippen molar-refractivity contribution < 1.29 is 14.3 Å². The Morgan fingerprint density at radius 2 is 1.92 bits per heavy atom. The van der Waals surface area contributed by atoms with Gasteiger partial charge in [-0.1, -0.05) is 34.1 Å². The lowest BCUT2D eigenvalue weighted by atomic mass is 10.2. The summed E-state index contributed by atoms with van der Waals surface area (Å²) in [6, 6.07) is 14.5. The first kappa shape index (κ1) is 16.8. The van der Waals surface area contributed by atoms with E-state index < -0.39 is 0 Å². The fraction of sp³-hybridized carbons (Fsp3) is 0.111. The third kappa shape index (κ3) is 3.39. The smallest absolute Gasteiger partial charge is 0.298 e. The van der Waals surface area contributed by atoms with E-state index in [1.807, 2.05) is 31.2 Å². The first-order valence-corrected chi connectivity index (χ1v) is 8.96. The molecule has 4 nitrogen and oxygen atoms in total. The lowest BCUT2D eigenvalue weighted by Crippen LogP contribution is -2.27. The molecule has 0 N–H and O–H groups in total. The second-order valence-electron chi connectivity index (χ2n) is 4.97. The van der Waals surface area contributed by atoms with Crippen LogP contribution in [-0.2, 0) is 4.79 Å². The largest absolute Gasteiger partial charge is 0.493 e. The van der Waals surface area contributed by atoms with Gasteiger partial charge in [0.2, 0.25) is 0 Å². The number of carbonyl (C=O) groups is 2. The van der Waals surface area contributed by atoms with Gasteiger partial charge in [0.25, 0.3) is 11.1 Å². The van der Waals surface area contributed by atoms with Crippen LogP contribution in [0.4, 0.5) is 10.5 Å². The van der Waals surface area contributed by atoms with Crippen LogP contribution >= 0.6 is 27.7 Å². The van der Waals surface area contributed by atoms with Gasteiger partial charge in [-0.15, -0.1) is 0 Å². The topological polar surface area (TPSA) is 46.6 Å². The van der Waals surface area contributed by atoms with E-state index in [4.69, 9.17) is 4.74 Å². The highest BCUT2D eigenvalue weighted by Gasteiger charge is 2.36. The van der Waals surface area contributed by atoms with E-state index in [0.29, 0.717) is 22.9 Å². The summed E-state index contributed by atoms with van der Waals surface area (Å²) < 4.78 is 6.47. The van der Waals surface area contributed by atoms with Crippen LogP contribution in [0, 0.1) is 0 Å². The van der Waals surface area contributed by atoms with E-state index in [9.17, 15) is 9.59 Å². The van der Waals surface area contributed by atoms with Crippen molar-refractivity contribution in [3.05, 3.63) is 63.5 Å². The molecule has 3 rings (SSSR count). The molecule has 1 saturated heterocycles. The number of carbonyl (C=O) groups excluding carboxylic acids is 2. The molecule has 1 heterocycles. The summed E-state index contributed by atoms with van der Waals surface area (Å²) in [5, 5.41) is -0.301. The first-order chi connectivity index (χ1) is 11.6. The maximum absolute atomic E-state index is 12.6. The molecule has 24 heavy (non-hydrogen) atoms. The number of amides is 2. The molecule has 1 fully saturated rings. The van der Waals surface area contributed by atoms with Crippen molar-refractivity contribution in [2.45, 2.75) is 6.92 Å². The highest BCUT2D eigenvalue weighted by atomic mass is 79.9. The lowest BCUT2D eigenvalue weighted by Gasteiger charge is -2.11. The molecule has 0 bridgehead atoms. The number of halogens is 1. The number of rotatable bonds is 4. The predicted octanol–water partition coefficient (Wildman–Crippen LogP) is 5.09. The van der Waals surface area contributed by atoms with Gasteiger partial charge in [-0.25, -0.2) is 4.90 Å². The molecule has 0 radical (unpaired) electrons. The van der Waals surface area contributed by atoms with Gasteiger partial charge in [0.15, 0.2) is 0 Å². The Kier molecular flexibility index (Phi) is 5.06. The number of benzene rings is 2. The average Bonchev–Trinajstić information content (AvgIpc) is 2.85. The number of hydrogen-bond acceptors (Lipinski definition) is 4. The SMILES string of the molecule is CCOc1ccc(Br)cc1/C=C1\SC(=O)N(c2ccccc2)C1=O. The quantitative estimate of drug-likeness (QED) is 0.667. The molecule has 0 spiro atoms. The van der Waals surface area contributed by atoms with Crippen LogP contribution in [0.25, 0.3) is 6.08 Å². The molecule has 1 aliphatic rings. The van der Waals surface area contributed by atoms with Crippen LogP contribution in [-0.4, -0.2) is 17.8 Å². The van der Waals surface area contributed by atoms with Crippen LogP contribution in [0.15, 0.2) is 57.9 Å². The molecule has 2 amide bonds. The summed E-state index contributed by atoms with van der Waals surface area (Å²) in [6.07, 6.45) is 1.70. The van der Waals surface area contributed by atoms with Crippen LogP contribution < -0.4 is 9.64 Å². The second-order valence-corrected chi connectivity index (χ2v) is 6.88. The van der Waals surface area contributed by atoms with Crippen LogP contribution in [0.2, 0.25) is 0 Å². The Hall–Kier alpha value is -2.05. The van der Waals surface area contributed by atoms with Gasteiger partial charge in [0.1, 0.15) is 5.75 Å². The standard InChI is InChI=1S/C18H14BrNO3S/c1-2-23-15-9-8-13(19)10-12(15)11-16-17(21)20(18(22)24-16)14-6-4-3-5-7-14/h3-11H,2H2,1H3/b16-11-. The molecule has 0 unspecified atom stereocenters. The Labute approximate surface area is 152 Å². The minimum atomic E-state index is -0.321. The summed E-state index contributed by atoms with van der Waals surface area (Å²) in [5.74, 6) is 0.353. The van der Waals surface area contributed by atoms with Crippen molar-refractivity contribution in [1.82, 2.24) is 0 Å². The number of anilines is 1. The number of ether oxygens (including phenoxy) is 1. The fourth-order valence-corrected chi connectivity index (χ4v) is 3.54. The van der Waals surface area contributed by atoms with Crippen LogP contribution in [0.1, 0.15) is 12.5 Å². The van der Waals surface area contributed by atoms with Crippen molar-refractivity contribution >= 4 is 50.6 Å².